The largest absolute Gasteiger partial charge is 0.325 e. The van der Waals surface area contributed by atoms with Crippen LogP contribution in [0.15, 0.2) is 48.9 Å². The summed E-state index contributed by atoms with van der Waals surface area (Å²) in [5, 5.41) is 7.61. The van der Waals surface area contributed by atoms with Gasteiger partial charge in [-0.2, -0.15) is 5.10 Å². The lowest BCUT2D eigenvalue weighted by molar-refractivity contribution is 0.248. The maximum Gasteiger partial charge on any atom is 0.131 e. The number of anilines is 2. The molecule has 26 heavy (non-hydrogen) atoms. The standard InChI is InChI=1S/C20H24N6/c1-15-5-3-7-19(23-15)24-20-11-17(8-9-21-20)18-6-4-10-26(18)14-16-12-22-25(2)13-16/h3,5,7-9,11-13,18H,4,6,10,14H2,1-2H3,(H,21,23,24)/t18-/m1/s1. The Balaban J connectivity index is 1.51. The van der Waals surface area contributed by atoms with Crippen molar-refractivity contribution in [2.45, 2.75) is 32.4 Å². The zero-order valence-corrected chi connectivity index (χ0v) is 15.3. The average molecular weight is 348 g/mol. The van der Waals surface area contributed by atoms with Gasteiger partial charge in [0.2, 0.25) is 0 Å². The van der Waals surface area contributed by atoms with E-state index in [1.807, 2.05) is 49.2 Å². The van der Waals surface area contributed by atoms with Crippen LogP contribution in [0.1, 0.15) is 35.7 Å². The van der Waals surface area contributed by atoms with Crippen LogP contribution in [0.5, 0.6) is 0 Å². The lowest BCUT2D eigenvalue weighted by Crippen LogP contribution is -2.22. The molecule has 0 aliphatic carbocycles. The van der Waals surface area contributed by atoms with Gasteiger partial charge in [-0.3, -0.25) is 9.58 Å². The fourth-order valence-electron chi connectivity index (χ4n) is 3.65. The van der Waals surface area contributed by atoms with Crippen LogP contribution < -0.4 is 5.32 Å². The van der Waals surface area contributed by atoms with Gasteiger partial charge in [0.1, 0.15) is 11.6 Å². The zero-order valence-electron chi connectivity index (χ0n) is 15.3. The number of aryl methyl sites for hydroxylation is 2. The molecule has 1 saturated heterocycles. The number of hydrogen-bond donors (Lipinski definition) is 1. The van der Waals surface area contributed by atoms with Crippen LogP contribution in [-0.2, 0) is 13.6 Å². The summed E-state index contributed by atoms with van der Waals surface area (Å²) in [6, 6.07) is 10.7. The van der Waals surface area contributed by atoms with E-state index in [0.29, 0.717) is 6.04 Å². The molecule has 1 N–H and O–H groups in total. The van der Waals surface area contributed by atoms with E-state index in [1.165, 1.54) is 24.0 Å². The highest BCUT2D eigenvalue weighted by molar-refractivity contribution is 5.52. The van der Waals surface area contributed by atoms with E-state index in [-0.39, 0.29) is 0 Å². The molecule has 4 rings (SSSR count). The second-order valence-corrected chi connectivity index (χ2v) is 6.91. The zero-order chi connectivity index (χ0) is 17.9. The van der Waals surface area contributed by atoms with Crippen molar-refractivity contribution in [2.75, 3.05) is 11.9 Å². The Morgan fingerprint density at radius 2 is 2.15 bits per heavy atom. The van der Waals surface area contributed by atoms with Gasteiger partial charge in [-0.05, 0) is 56.1 Å². The van der Waals surface area contributed by atoms with Crippen molar-refractivity contribution in [3.63, 3.8) is 0 Å². The molecule has 1 atom stereocenters. The molecule has 0 radical (unpaired) electrons. The highest BCUT2D eigenvalue weighted by Gasteiger charge is 2.26. The number of rotatable bonds is 5. The fraction of sp³-hybridized carbons (Fsp3) is 0.350. The van der Waals surface area contributed by atoms with Gasteiger partial charge in [-0.15, -0.1) is 0 Å². The quantitative estimate of drug-likeness (QED) is 0.763. The summed E-state index contributed by atoms with van der Waals surface area (Å²) in [6.45, 7) is 4.04. The number of nitrogens with zero attached hydrogens (tertiary/aromatic N) is 5. The van der Waals surface area contributed by atoms with Crippen molar-refractivity contribution in [1.29, 1.82) is 0 Å². The van der Waals surface area contributed by atoms with Crippen LogP contribution in [0, 0.1) is 6.92 Å². The summed E-state index contributed by atoms with van der Waals surface area (Å²) in [6.07, 6.45) is 8.33. The molecule has 0 bridgehead atoms. The number of likely N-dealkylation sites (tertiary alicyclic amines) is 1. The first kappa shape index (κ1) is 16.7. The molecule has 6 nitrogen and oxygen atoms in total. The van der Waals surface area contributed by atoms with Gasteiger partial charge < -0.3 is 5.32 Å². The van der Waals surface area contributed by atoms with E-state index in [9.17, 15) is 0 Å². The molecule has 0 aromatic carbocycles. The number of aromatic nitrogens is 4. The minimum absolute atomic E-state index is 0.421. The first-order chi connectivity index (χ1) is 12.7. The minimum atomic E-state index is 0.421. The van der Waals surface area contributed by atoms with Crippen LogP contribution >= 0.6 is 0 Å². The Morgan fingerprint density at radius 1 is 1.23 bits per heavy atom. The second kappa shape index (κ2) is 7.25. The molecule has 0 amide bonds. The summed E-state index contributed by atoms with van der Waals surface area (Å²) < 4.78 is 1.86. The van der Waals surface area contributed by atoms with Crippen LogP contribution in [0.25, 0.3) is 0 Å². The second-order valence-electron chi connectivity index (χ2n) is 6.91. The first-order valence-corrected chi connectivity index (χ1v) is 9.05. The molecule has 4 heterocycles. The Hall–Kier alpha value is -2.73. The Labute approximate surface area is 153 Å². The maximum atomic E-state index is 4.50. The third-order valence-electron chi connectivity index (χ3n) is 4.82. The third-order valence-corrected chi connectivity index (χ3v) is 4.82. The van der Waals surface area contributed by atoms with Crippen molar-refractivity contribution >= 4 is 11.6 Å². The third kappa shape index (κ3) is 3.75. The number of nitrogens with one attached hydrogen (secondary N) is 1. The highest BCUT2D eigenvalue weighted by Crippen LogP contribution is 2.33. The van der Waals surface area contributed by atoms with Crippen molar-refractivity contribution in [3.8, 4) is 0 Å². The fourth-order valence-corrected chi connectivity index (χ4v) is 3.65. The van der Waals surface area contributed by atoms with Gasteiger partial charge in [-0.1, -0.05) is 6.07 Å². The molecule has 0 saturated carbocycles. The normalized spacial score (nSPS) is 17.5. The van der Waals surface area contributed by atoms with Gasteiger partial charge in [0.25, 0.3) is 0 Å². The number of pyridine rings is 2. The Bertz CT molecular complexity index is 887. The van der Waals surface area contributed by atoms with Crippen LogP contribution in [0.4, 0.5) is 11.6 Å². The molecule has 0 spiro atoms. The minimum Gasteiger partial charge on any atom is -0.325 e. The van der Waals surface area contributed by atoms with Gasteiger partial charge in [0.15, 0.2) is 0 Å². The van der Waals surface area contributed by atoms with Crippen LogP contribution in [-0.4, -0.2) is 31.2 Å². The molecule has 1 aliphatic heterocycles. The SMILES string of the molecule is Cc1cccc(Nc2cc([C@H]3CCCN3Cc3cnn(C)c3)ccn2)n1. The summed E-state index contributed by atoms with van der Waals surface area (Å²) in [4.78, 5) is 11.5. The maximum absolute atomic E-state index is 4.50. The molecule has 1 fully saturated rings. The molecule has 134 valence electrons. The van der Waals surface area contributed by atoms with E-state index in [1.54, 1.807) is 0 Å². The van der Waals surface area contributed by atoms with E-state index in [2.05, 4.69) is 43.6 Å². The summed E-state index contributed by atoms with van der Waals surface area (Å²) in [5.74, 6) is 1.67. The number of hydrogen-bond acceptors (Lipinski definition) is 5. The van der Waals surface area contributed by atoms with E-state index in [4.69, 9.17) is 0 Å². The van der Waals surface area contributed by atoms with Gasteiger partial charge in [-0.25, -0.2) is 9.97 Å². The molecule has 6 heteroatoms. The van der Waals surface area contributed by atoms with E-state index >= 15 is 0 Å². The van der Waals surface area contributed by atoms with E-state index < -0.39 is 0 Å². The van der Waals surface area contributed by atoms with E-state index in [0.717, 1.165) is 30.4 Å². The topological polar surface area (TPSA) is 58.9 Å². The van der Waals surface area contributed by atoms with Gasteiger partial charge in [0.05, 0.1) is 6.20 Å². The average Bonchev–Trinajstić information content (AvgIpc) is 3.24. The first-order valence-electron chi connectivity index (χ1n) is 9.05. The lowest BCUT2D eigenvalue weighted by Gasteiger charge is -2.24. The molecular weight excluding hydrogens is 324 g/mol. The smallest absolute Gasteiger partial charge is 0.131 e. The predicted molar refractivity (Wildman–Crippen MR) is 102 cm³/mol. The van der Waals surface area contributed by atoms with Gasteiger partial charge in [0, 0.05) is 43.3 Å². The molecule has 1 aliphatic rings. The Kier molecular flexibility index (Phi) is 4.67. The van der Waals surface area contributed by atoms with Crippen molar-refractivity contribution < 1.29 is 0 Å². The lowest BCUT2D eigenvalue weighted by atomic mass is 10.1. The summed E-state index contributed by atoms with van der Waals surface area (Å²) in [5.41, 5.74) is 3.55. The Morgan fingerprint density at radius 3 is 2.96 bits per heavy atom. The molecular formula is C20H24N6. The van der Waals surface area contributed by atoms with Gasteiger partial charge >= 0.3 is 0 Å². The van der Waals surface area contributed by atoms with Crippen molar-refractivity contribution in [1.82, 2.24) is 24.6 Å². The monoisotopic (exact) mass is 348 g/mol. The van der Waals surface area contributed by atoms with Crippen molar-refractivity contribution in [3.05, 3.63) is 65.7 Å². The summed E-state index contributed by atoms with van der Waals surface area (Å²) in [7, 11) is 1.96. The molecule has 3 aromatic heterocycles. The van der Waals surface area contributed by atoms with Crippen LogP contribution in [0.2, 0.25) is 0 Å². The molecule has 3 aromatic rings. The highest BCUT2D eigenvalue weighted by atomic mass is 15.2. The molecule has 0 unspecified atom stereocenters. The van der Waals surface area contributed by atoms with Crippen LogP contribution in [0.3, 0.4) is 0 Å². The summed E-state index contributed by atoms with van der Waals surface area (Å²) >= 11 is 0. The van der Waals surface area contributed by atoms with Crippen molar-refractivity contribution in [2.24, 2.45) is 7.05 Å². The predicted octanol–water partition coefficient (Wildman–Crippen LogP) is 3.60.